The van der Waals surface area contributed by atoms with E-state index in [1.807, 2.05) is 33.8 Å². The third kappa shape index (κ3) is 2.64. The minimum Gasteiger partial charge on any atom is -0.293 e. The van der Waals surface area contributed by atoms with Crippen LogP contribution in [-0.2, 0) is 4.79 Å². The molecular weight excluding hydrogens is 230 g/mol. The number of aromatic nitrogens is 4. The molecule has 2 heterocycles. The maximum atomic E-state index is 11.6. The van der Waals surface area contributed by atoms with Crippen molar-refractivity contribution in [2.75, 3.05) is 5.32 Å². The van der Waals surface area contributed by atoms with Gasteiger partial charge in [-0.25, -0.2) is 4.98 Å². The number of fused-ring (bicyclic) bond motifs is 1. The van der Waals surface area contributed by atoms with Crippen LogP contribution < -0.4 is 5.32 Å². The molecule has 0 bridgehead atoms. The van der Waals surface area contributed by atoms with Crippen LogP contribution >= 0.6 is 0 Å². The van der Waals surface area contributed by atoms with E-state index in [2.05, 4.69) is 20.4 Å². The first-order valence-electron chi connectivity index (χ1n) is 5.96. The lowest BCUT2D eigenvalue weighted by atomic mass is 10.1. The van der Waals surface area contributed by atoms with Gasteiger partial charge in [-0.3, -0.25) is 10.1 Å². The molecule has 0 radical (unpaired) electrons. The van der Waals surface area contributed by atoms with Crippen LogP contribution in [0.5, 0.6) is 0 Å². The highest BCUT2D eigenvalue weighted by Gasteiger charge is 2.11. The van der Waals surface area contributed by atoms with E-state index in [9.17, 15) is 4.79 Å². The number of anilines is 1. The van der Waals surface area contributed by atoms with Gasteiger partial charge >= 0.3 is 0 Å². The van der Waals surface area contributed by atoms with Crippen molar-refractivity contribution in [1.82, 2.24) is 19.6 Å². The summed E-state index contributed by atoms with van der Waals surface area (Å²) in [5, 5.41) is 6.90. The topological polar surface area (TPSA) is 72.2 Å². The summed E-state index contributed by atoms with van der Waals surface area (Å²) in [5.74, 6) is 1.05. The van der Waals surface area contributed by atoms with E-state index < -0.39 is 0 Å². The Morgan fingerprint density at radius 3 is 2.78 bits per heavy atom. The first kappa shape index (κ1) is 12.5. The van der Waals surface area contributed by atoms with E-state index in [-0.39, 0.29) is 5.91 Å². The van der Waals surface area contributed by atoms with Crippen LogP contribution in [0.15, 0.2) is 6.07 Å². The number of carbonyl (C=O) groups excluding carboxylic acids is 1. The molecule has 18 heavy (non-hydrogen) atoms. The SMILES string of the molecule is Cc1cc(C)n2nc(NC(=O)CC(C)C)nc2n1. The van der Waals surface area contributed by atoms with Crippen LogP contribution in [0, 0.1) is 19.8 Å². The molecule has 0 aliphatic heterocycles. The molecule has 0 saturated heterocycles. The molecule has 2 rings (SSSR count). The molecule has 0 aliphatic carbocycles. The fourth-order valence-corrected chi connectivity index (χ4v) is 1.77. The van der Waals surface area contributed by atoms with Gasteiger partial charge in [-0.15, -0.1) is 5.10 Å². The first-order valence-corrected chi connectivity index (χ1v) is 5.96. The average Bonchev–Trinajstić information content (AvgIpc) is 2.58. The predicted molar refractivity (Wildman–Crippen MR) is 68.3 cm³/mol. The zero-order valence-corrected chi connectivity index (χ0v) is 11.1. The highest BCUT2D eigenvalue weighted by Crippen LogP contribution is 2.09. The van der Waals surface area contributed by atoms with Gasteiger partial charge in [0.2, 0.25) is 5.91 Å². The summed E-state index contributed by atoms with van der Waals surface area (Å²) in [6, 6.07) is 1.92. The number of nitrogens with one attached hydrogen (secondary N) is 1. The lowest BCUT2D eigenvalue weighted by molar-refractivity contribution is -0.116. The van der Waals surface area contributed by atoms with Crippen LogP contribution in [0.3, 0.4) is 0 Å². The van der Waals surface area contributed by atoms with Crippen molar-refractivity contribution in [3.8, 4) is 0 Å². The second-order valence-electron chi connectivity index (χ2n) is 4.83. The quantitative estimate of drug-likeness (QED) is 0.896. The smallest absolute Gasteiger partial charge is 0.254 e. The predicted octanol–water partition coefficient (Wildman–Crippen LogP) is 1.73. The Morgan fingerprint density at radius 1 is 1.39 bits per heavy atom. The number of hydrogen-bond donors (Lipinski definition) is 1. The van der Waals surface area contributed by atoms with E-state index in [1.165, 1.54) is 0 Å². The van der Waals surface area contributed by atoms with Gasteiger partial charge in [0.1, 0.15) is 0 Å². The Morgan fingerprint density at radius 2 is 2.11 bits per heavy atom. The van der Waals surface area contributed by atoms with Gasteiger partial charge in [0, 0.05) is 17.8 Å². The van der Waals surface area contributed by atoms with E-state index in [0.29, 0.717) is 24.1 Å². The van der Waals surface area contributed by atoms with Gasteiger partial charge in [-0.2, -0.15) is 9.50 Å². The van der Waals surface area contributed by atoms with Crippen molar-refractivity contribution >= 4 is 17.6 Å². The number of carbonyl (C=O) groups is 1. The Hall–Kier alpha value is -1.98. The van der Waals surface area contributed by atoms with Crippen molar-refractivity contribution in [3.05, 3.63) is 17.5 Å². The molecule has 6 nitrogen and oxygen atoms in total. The van der Waals surface area contributed by atoms with E-state index in [1.54, 1.807) is 4.52 Å². The summed E-state index contributed by atoms with van der Waals surface area (Å²) < 4.78 is 1.62. The number of rotatable bonds is 3. The van der Waals surface area contributed by atoms with Crippen LogP contribution in [-0.4, -0.2) is 25.5 Å². The summed E-state index contributed by atoms with van der Waals surface area (Å²) in [6.45, 7) is 7.81. The average molecular weight is 247 g/mol. The Balaban J connectivity index is 2.25. The molecule has 1 amide bonds. The first-order chi connectivity index (χ1) is 8.45. The largest absolute Gasteiger partial charge is 0.293 e. The Labute approximate surface area is 105 Å². The molecule has 0 fully saturated rings. The van der Waals surface area contributed by atoms with Gasteiger partial charge < -0.3 is 0 Å². The summed E-state index contributed by atoms with van der Waals surface area (Å²) in [6.07, 6.45) is 0.459. The monoisotopic (exact) mass is 247 g/mol. The standard InChI is InChI=1S/C12H17N5O/c1-7(2)5-10(18)14-11-15-12-13-8(3)6-9(4)17(12)16-11/h6-7H,5H2,1-4H3,(H,14,16,18). The van der Waals surface area contributed by atoms with Crippen molar-refractivity contribution in [3.63, 3.8) is 0 Å². The molecule has 0 aliphatic rings. The molecule has 0 unspecified atom stereocenters. The van der Waals surface area contributed by atoms with Crippen molar-refractivity contribution in [2.45, 2.75) is 34.1 Å². The normalized spacial score (nSPS) is 11.2. The molecule has 0 atom stereocenters. The molecule has 96 valence electrons. The number of nitrogens with zero attached hydrogens (tertiary/aromatic N) is 4. The third-order valence-electron chi connectivity index (χ3n) is 2.46. The number of hydrogen-bond acceptors (Lipinski definition) is 4. The van der Waals surface area contributed by atoms with Gasteiger partial charge in [0.25, 0.3) is 11.7 Å². The van der Waals surface area contributed by atoms with Crippen LogP contribution in [0.25, 0.3) is 5.78 Å². The highest BCUT2D eigenvalue weighted by atomic mass is 16.1. The molecule has 6 heteroatoms. The van der Waals surface area contributed by atoms with Crippen molar-refractivity contribution in [1.29, 1.82) is 0 Å². The lowest BCUT2D eigenvalue weighted by Crippen LogP contribution is -2.14. The molecule has 2 aromatic heterocycles. The maximum Gasteiger partial charge on any atom is 0.254 e. The summed E-state index contributed by atoms with van der Waals surface area (Å²) in [7, 11) is 0. The van der Waals surface area contributed by atoms with Gasteiger partial charge in [-0.05, 0) is 25.8 Å². The van der Waals surface area contributed by atoms with E-state index >= 15 is 0 Å². The van der Waals surface area contributed by atoms with Gasteiger partial charge in [0.05, 0.1) is 0 Å². The number of amides is 1. The lowest BCUT2D eigenvalue weighted by Gasteiger charge is -2.02. The number of aryl methyl sites for hydroxylation is 2. The second-order valence-corrected chi connectivity index (χ2v) is 4.83. The minimum absolute atomic E-state index is 0.0738. The Kier molecular flexibility index (Phi) is 3.27. The maximum absolute atomic E-state index is 11.6. The summed E-state index contributed by atoms with van der Waals surface area (Å²) in [4.78, 5) is 20.1. The summed E-state index contributed by atoms with van der Waals surface area (Å²) >= 11 is 0. The van der Waals surface area contributed by atoms with Crippen LogP contribution in [0.2, 0.25) is 0 Å². The second kappa shape index (κ2) is 4.72. The molecule has 1 N–H and O–H groups in total. The highest BCUT2D eigenvalue weighted by molar-refractivity contribution is 5.89. The van der Waals surface area contributed by atoms with E-state index in [0.717, 1.165) is 11.4 Å². The fraction of sp³-hybridized carbons (Fsp3) is 0.500. The fourth-order valence-electron chi connectivity index (χ4n) is 1.77. The molecule has 0 aromatic carbocycles. The van der Waals surface area contributed by atoms with Gasteiger partial charge in [-0.1, -0.05) is 13.8 Å². The zero-order valence-electron chi connectivity index (χ0n) is 11.1. The molecule has 0 saturated carbocycles. The van der Waals surface area contributed by atoms with Crippen LogP contribution in [0.4, 0.5) is 5.95 Å². The Bertz CT molecular complexity index is 587. The van der Waals surface area contributed by atoms with Gasteiger partial charge in [0.15, 0.2) is 0 Å². The molecule has 0 spiro atoms. The van der Waals surface area contributed by atoms with Crippen LogP contribution in [0.1, 0.15) is 31.7 Å². The molecule has 2 aromatic rings. The zero-order chi connectivity index (χ0) is 13.3. The van der Waals surface area contributed by atoms with Crippen molar-refractivity contribution in [2.24, 2.45) is 5.92 Å². The van der Waals surface area contributed by atoms with E-state index in [4.69, 9.17) is 0 Å². The summed E-state index contributed by atoms with van der Waals surface area (Å²) in [5.41, 5.74) is 1.82. The third-order valence-corrected chi connectivity index (χ3v) is 2.46. The minimum atomic E-state index is -0.0738. The molecular formula is C12H17N5O. The van der Waals surface area contributed by atoms with Crippen molar-refractivity contribution < 1.29 is 4.79 Å².